The molecule has 1 fully saturated rings. The zero-order valence-corrected chi connectivity index (χ0v) is 17.0. The molecule has 0 spiro atoms. The first-order chi connectivity index (χ1) is 13.2. The predicted molar refractivity (Wildman–Crippen MR) is 116 cm³/mol. The monoisotopic (exact) mass is 399 g/mol. The Morgan fingerprint density at radius 1 is 1.07 bits per heavy atom. The van der Waals surface area contributed by atoms with E-state index in [0.717, 1.165) is 48.8 Å². The number of halogens is 1. The average Bonchev–Trinajstić information content (AvgIpc) is 3.20. The molecule has 148 valence electrons. The summed E-state index contributed by atoms with van der Waals surface area (Å²) in [4.78, 5) is 11.4. The molecule has 1 aliphatic rings. The third kappa shape index (κ3) is 4.43. The lowest BCUT2D eigenvalue weighted by atomic mass is 10.0. The number of rotatable bonds is 5. The van der Waals surface area contributed by atoms with E-state index in [1.165, 1.54) is 5.69 Å². The highest BCUT2D eigenvalue weighted by Gasteiger charge is 2.13. The molecule has 0 radical (unpaired) electrons. The number of nitrogens with zero attached hydrogens (tertiary/aromatic N) is 4. The van der Waals surface area contributed by atoms with Crippen molar-refractivity contribution in [1.82, 2.24) is 25.5 Å². The lowest BCUT2D eigenvalue weighted by molar-refractivity contribution is 0.589. The summed E-state index contributed by atoms with van der Waals surface area (Å²) in [5.41, 5.74) is 5.19. The molecule has 28 heavy (non-hydrogen) atoms. The van der Waals surface area contributed by atoms with Crippen LogP contribution in [0, 0.1) is 0 Å². The van der Waals surface area contributed by atoms with E-state index < -0.39 is 0 Å². The van der Waals surface area contributed by atoms with Crippen molar-refractivity contribution in [3.05, 3.63) is 48.4 Å². The second-order valence-corrected chi connectivity index (χ2v) is 7.03. The van der Waals surface area contributed by atoms with Crippen LogP contribution < -0.4 is 15.5 Å². The van der Waals surface area contributed by atoms with Crippen molar-refractivity contribution in [2.75, 3.05) is 36.4 Å². The topological polar surface area (TPSA) is 81.8 Å². The second-order valence-electron chi connectivity index (χ2n) is 7.03. The molecule has 3 N–H and O–H groups in total. The maximum atomic E-state index is 4.66. The molecule has 4 rings (SSSR count). The van der Waals surface area contributed by atoms with Crippen molar-refractivity contribution in [2.45, 2.75) is 19.8 Å². The Hall–Kier alpha value is -2.64. The summed E-state index contributed by atoms with van der Waals surface area (Å²) in [6, 6.07) is 10.3. The number of benzene rings is 1. The van der Waals surface area contributed by atoms with Gasteiger partial charge in [-0.25, -0.2) is 9.97 Å². The smallest absolute Gasteiger partial charge is 0.227 e. The Kier molecular flexibility index (Phi) is 6.49. The van der Waals surface area contributed by atoms with E-state index in [4.69, 9.17) is 0 Å². The molecule has 0 bridgehead atoms. The van der Waals surface area contributed by atoms with Gasteiger partial charge < -0.3 is 15.5 Å². The Labute approximate surface area is 171 Å². The van der Waals surface area contributed by atoms with Gasteiger partial charge in [-0.1, -0.05) is 13.8 Å². The van der Waals surface area contributed by atoms with Gasteiger partial charge in [0.2, 0.25) is 5.95 Å². The van der Waals surface area contributed by atoms with Crippen LogP contribution in [0.1, 0.15) is 25.5 Å². The van der Waals surface area contributed by atoms with Crippen LogP contribution >= 0.6 is 12.4 Å². The molecular formula is C20H26ClN7. The molecule has 0 atom stereocenters. The van der Waals surface area contributed by atoms with Crippen molar-refractivity contribution < 1.29 is 0 Å². The average molecular weight is 400 g/mol. The van der Waals surface area contributed by atoms with Crippen molar-refractivity contribution in [3.8, 4) is 11.3 Å². The maximum Gasteiger partial charge on any atom is 0.227 e. The maximum absolute atomic E-state index is 4.66. The van der Waals surface area contributed by atoms with E-state index in [-0.39, 0.29) is 12.4 Å². The van der Waals surface area contributed by atoms with Crippen LogP contribution in [-0.2, 0) is 0 Å². The third-order valence-electron chi connectivity index (χ3n) is 4.78. The summed E-state index contributed by atoms with van der Waals surface area (Å²) >= 11 is 0. The third-order valence-corrected chi connectivity index (χ3v) is 4.78. The number of anilines is 3. The molecule has 3 aromatic rings. The van der Waals surface area contributed by atoms with Crippen LogP contribution in [0.5, 0.6) is 0 Å². The van der Waals surface area contributed by atoms with Crippen LogP contribution in [0.15, 0.2) is 42.7 Å². The summed E-state index contributed by atoms with van der Waals surface area (Å²) < 4.78 is 0. The minimum atomic E-state index is 0. The minimum Gasteiger partial charge on any atom is -0.369 e. The summed E-state index contributed by atoms with van der Waals surface area (Å²) in [5.74, 6) is 0.935. The fourth-order valence-corrected chi connectivity index (χ4v) is 3.32. The predicted octanol–water partition coefficient (Wildman–Crippen LogP) is 3.57. The van der Waals surface area contributed by atoms with Crippen molar-refractivity contribution in [3.63, 3.8) is 0 Å². The van der Waals surface area contributed by atoms with Gasteiger partial charge in [0, 0.05) is 55.0 Å². The van der Waals surface area contributed by atoms with E-state index in [0.29, 0.717) is 11.9 Å². The Morgan fingerprint density at radius 3 is 2.54 bits per heavy atom. The first-order valence-corrected chi connectivity index (χ1v) is 9.40. The number of hydrogen-bond acceptors (Lipinski definition) is 6. The molecule has 7 nitrogen and oxygen atoms in total. The van der Waals surface area contributed by atoms with Gasteiger partial charge in [0.05, 0.1) is 11.9 Å². The first kappa shape index (κ1) is 20.1. The van der Waals surface area contributed by atoms with Gasteiger partial charge in [-0.3, -0.25) is 5.10 Å². The van der Waals surface area contributed by atoms with Gasteiger partial charge in [-0.2, -0.15) is 5.10 Å². The van der Waals surface area contributed by atoms with E-state index in [2.05, 4.69) is 73.8 Å². The molecule has 2 aromatic heterocycles. The number of H-pyrrole nitrogens is 1. The van der Waals surface area contributed by atoms with Crippen LogP contribution in [0.25, 0.3) is 11.3 Å². The summed E-state index contributed by atoms with van der Waals surface area (Å²) in [7, 11) is 0. The molecule has 0 saturated carbocycles. The van der Waals surface area contributed by atoms with Gasteiger partial charge in [0.1, 0.15) is 0 Å². The van der Waals surface area contributed by atoms with Crippen LogP contribution in [0.2, 0.25) is 0 Å². The highest BCUT2D eigenvalue weighted by Crippen LogP contribution is 2.27. The number of nitrogens with one attached hydrogen (secondary N) is 3. The van der Waals surface area contributed by atoms with Crippen molar-refractivity contribution in [2.24, 2.45) is 0 Å². The zero-order valence-electron chi connectivity index (χ0n) is 16.1. The second kappa shape index (κ2) is 9.03. The van der Waals surface area contributed by atoms with E-state index in [1.54, 1.807) is 6.20 Å². The Bertz CT molecular complexity index is 886. The fourth-order valence-electron chi connectivity index (χ4n) is 3.32. The van der Waals surface area contributed by atoms with Gasteiger partial charge in [-0.15, -0.1) is 12.4 Å². The molecule has 0 aliphatic carbocycles. The quantitative estimate of drug-likeness (QED) is 0.608. The summed E-state index contributed by atoms with van der Waals surface area (Å²) in [5, 5.41) is 13.9. The summed E-state index contributed by atoms with van der Waals surface area (Å²) in [6.45, 7) is 8.43. The minimum absolute atomic E-state index is 0. The highest BCUT2D eigenvalue weighted by atomic mass is 35.5. The first-order valence-electron chi connectivity index (χ1n) is 9.40. The van der Waals surface area contributed by atoms with Crippen molar-refractivity contribution >= 4 is 29.7 Å². The number of piperazine rings is 1. The number of hydrogen-bond donors (Lipinski definition) is 3. The lowest BCUT2D eigenvalue weighted by Crippen LogP contribution is -2.43. The van der Waals surface area contributed by atoms with Crippen LogP contribution in [0.3, 0.4) is 0 Å². The SMILES string of the molecule is CC(C)c1[nH]ncc1-c1ccnc(Nc2ccc(N3CCNCC3)cc2)n1.Cl. The van der Waals surface area contributed by atoms with Gasteiger partial charge in [-0.05, 0) is 36.2 Å². The normalized spacial score (nSPS) is 14.0. The molecular weight excluding hydrogens is 374 g/mol. The lowest BCUT2D eigenvalue weighted by Gasteiger charge is -2.29. The molecule has 1 saturated heterocycles. The Morgan fingerprint density at radius 2 is 1.82 bits per heavy atom. The van der Waals surface area contributed by atoms with Crippen LogP contribution in [-0.4, -0.2) is 46.3 Å². The molecule has 1 aromatic carbocycles. The Balaban J connectivity index is 0.00000225. The van der Waals surface area contributed by atoms with Gasteiger partial charge in [0.25, 0.3) is 0 Å². The molecule has 0 amide bonds. The molecule has 1 aliphatic heterocycles. The van der Waals surface area contributed by atoms with E-state index in [9.17, 15) is 0 Å². The summed E-state index contributed by atoms with van der Waals surface area (Å²) in [6.07, 6.45) is 3.60. The number of aromatic nitrogens is 4. The highest BCUT2D eigenvalue weighted by molar-refractivity contribution is 5.85. The largest absolute Gasteiger partial charge is 0.369 e. The molecule has 3 heterocycles. The molecule has 8 heteroatoms. The number of aromatic amines is 1. The molecule has 0 unspecified atom stereocenters. The van der Waals surface area contributed by atoms with Gasteiger partial charge >= 0.3 is 0 Å². The zero-order chi connectivity index (χ0) is 18.6. The van der Waals surface area contributed by atoms with E-state index in [1.807, 2.05) is 12.3 Å². The van der Waals surface area contributed by atoms with Crippen LogP contribution in [0.4, 0.5) is 17.3 Å². The van der Waals surface area contributed by atoms with E-state index >= 15 is 0 Å². The fraction of sp³-hybridized carbons (Fsp3) is 0.350. The van der Waals surface area contributed by atoms with Crippen molar-refractivity contribution in [1.29, 1.82) is 0 Å². The standard InChI is InChI=1S/C20H25N7.ClH/c1-14(2)19-17(13-23-26-19)18-7-8-22-20(25-18)24-15-3-5-16(6-4-15)27-11-9-21-10-12-27;/h3-8,13-14,21H,9-12H2,1-2H3,(H,23,26)(H,22,24,25);1H. The van der Waals surface area contributed by atoms with Gasteiger partial charge in [0.15, 0.2) is 0 Å².